The number of aromatic nitrogens is 3. The number of hydrogen-bond donors (Lipinski definition) is 2. The van der Waals surface area contributed by atoms with Crippen LogP contribution >= 0.6 is 24.0 Å². The van der Waals surface area contributed by atoms with Gasteiger partial charge in [-0.2, -0.15) is 0 Å². The molecule has 0 saturated carbocycles. The fourth-order valence-electron chi connectivity index (χ4n) is 4.04. The molecule has 0 amide bonds. The molecule has 9 nitrogen and oxygen atoms in total. The van der Waals surface area contributed by atoms with Crippen LogP contribution in [-0.4, -0.2) is 96.1 Å². The molecule has 0 aliphatic carbocycles. The third kappa shape index (κ3) is 9.48. The van der Waals surface area contributed by atoms with Gasteiger partial charge in [-0.1, -0.05) is 6.92 Å². The van der Waals surface area contributed by atoms with E-state index < -0.39 is 0 Å². The van der Waals surface area contributed by atoms with Crippen LogP contribution in [0.4, 0.5) is 0 Å². The molecule has 2 saturated heterocycles. The zero-order chi connectivity index (χ0) is 21.9. The van der Waals surface area contributed by atoms with Gasteiger partial charge in [0, 0.05) is 33.2 Å². The second-order valence-corrected chi connectivity index (χ2v) is 8.93. The molecule has 3 heterocycles. The molecular formula is C22H43IN8O. The Bertz CT molecular complexity index is 669. The van der Waals surface area contributed by atoms with Crippen molar-refractivity contribution < 1.29 is 4.74 Å². The van der Waals surface area contributed by atoms with Crippen molar-refractivity contribution in [3.8, 4) is 0 Å². The maximum Gasteiger partial charge on any atom is 0.191 e. The van der Waals surface area contributed by atoms with Gasteiger partial charge in [0.2, 0.25) is 0 Å². The molecular weight excluding hydrogens is 519 g/mol. The Morgan fingerprint density at radius 3 is 2.16 bits per heavy atom. The molecule has 10 heteroatoms. The van der Waals surface area contributed by atoms with Gasteiger partial charge in [-0.05, 0) is 64.7 Å². The van der Waals surface area contributed by atoms with Crippen molar-refractivity contribution in [3.05, 3.63) is 11.6 Å². The van der Waals surface area contributed by atoms with Crippen molar-refractivity contribution in [2.45, 2.75) is 46.1 Å². The number of guanidine groups is 1. The monoisotopic (exact) mass is 562 g/mol. The SMILES string of the molecule is Cc1nnc(CN=C(NCCCN2CCOCC2)NCCCN2CCC(C)CC2)n1C.I. The van der Waals surface area contributed by atoms with Gasteiger partial charge < -0.3 is 24.8 Å². The zero-order valence-electron chi connectivity index (χ0n) is 20.2. The largest absolute Gasteiger partial charge is 0.379 e. The van der Waals surface area contributed by atoms with Crippen molar-refractivity contribution in [1.82, 2.24) is 35.2 Å². The van der Waals surface area contributed by atoms with E-state index >= 15 is 0 Å². The van der Waals surface area contributed by atoms with Crippen molar-refractivity contribution in [2.24, 2.45) is 18.0 Å². The summed E-state index contributed by atoms with van der Waals surface area (Å²) in [6, 6.07) is 0. The summed E-state index contributed by atoms with van der Waals surface area (Å²) in [6.07, 6.45) is 4.89. The maximum atomic E-state index is 5.43. The minimum atomic E-state index is 0. The van der Waals surface area contributed by atoms with Crippen LogP contribution in [0.25, 0.3) is 0 Å². The van der Waals surface area contributed by atoms with E-state index in [2.05, 4.69) is 37.6 Å². The van der Waals surface area contributed by atoms with Crippen molar-refractivity contribution in [1.29, 1.82) is 0 Å². The summed E-state index contributed by atoms with van der Waals surface area (Å²) >= 11 is 0. The average Bonchev–Trinajstić information content (AvgIpc) is 3.11. The number of nitrogens with one attached hydrogen (secondary N) is 2. The molecule has 2 aliphatic heterocycles. The molecule has 0 atom stereocenters. The van der Waals surface area contributed by atoms with Crippen LogP contribution in [0.2, 0.25) is 0 Å². The number of morpholine rings is 1. The van der Waals surface area contributed by atoms with E-state index in [0.29, 0.717) is 6.54 Å². The molecule has 3 rings (SSSR count). The van der Waals surface area contributed by atoms with Crippen molar-refractivity contribution in [3.63, 3.8) is 0 Å². The summed E-state index contributed by atoms with van der Waals surface area (Å²) in [5, 5.41) is 15.4. The Morgan fingerprint density at radius 2 is 1.59 bits per heavy atom. The quantitative estimate of drug-likeness (QED) is 0.194. The summed E-state index contributed by atoms with van der Waals surface area (Å²) in [6.45, 7) is 15.2. The molecule has 1 aromatic rings. The predicted molar refractivity (Wildman–Crippen MR) is 140 cm³/mol. The first kappa shape index (κ1) is 27.3. The first-order chi connectivity index (χ1) is 15.1. The maximum absolute atomic E-state index is 5.43. The standard InChI is InChI=1S/C22H42N8O.HI/c1-19-6-12-29(13-7-19)10-4-8-23-22(25-18-21-27-26-20(2)28(21)3)24-9-5-11-30-14-16-31-17-15-30;/h19H,4-18H2,1-3H3,(H2,23,24,25);1H. The van der Waals surface area contributed by atoms with Gasteiger partial charge in [0.25, 0.3) is 0 Å². The van der Waals surface area contributed by atoms with Gasteiger partial charge in [0.1, 0.15) is 12.4 Å². The van der Waals surface area contributed by atoms with E-state index in [0.717, 1.165) is 88.9 Å². The highest BCUT2D eigenvalue weighted by molar-refractivity contribution is 14.0. The van der Waals surface area contributed by atoms with Gasteiger partial charge in [0.15, 0.2) is 11.8 Å². The summed E-state index contributed by atoms with van der Waals surface area (Å²) in [5.41, 5.74) is 0. The lowest BCUT2D eigenvalue weighted by atomic mass is 9.99. The summed E-state index contributed by atoms with van der Waals surface area (Å²) in [5.74, 6) is 3.55. The predicted octanol–water partition coefficient (Wildman–Crippen LogP) is 1.62. The lowest BCUT2D eigenvalue weighted by Gasteiger charge is -2.30. The van der Waals surface area contributed by atoms with E-state index in [1.54, 1.807) is 0 Å². The van der Waals surface area contributed by atoms with Crippen molar-refractivity contribution in [2.75, 3.05) is 65.6 Å². The van der Waals surface area contributed by atoms with Gasteiger partial charge in [-0.25, -0.2) is 4.99 Å². The van der Waals surface area contributed by atoms with Gasteiger partial charge in [0.05, 0.1) is 13.2 Å². The molecule has 2 N–H and O–H groups in total. The summed E-state index contributed by atoms with van der Waals surface area (Å²) in [7, 11) is 1.99. The number of rotatable bonds is 10. The summed E-state index contributed by atoms with van der Waals surface area (Å²) < 4.78 is 7.43. The second kappa shape index (κ2) is 15.0. The molecule has 0 spiro atoms. The minimum absolute atomic E-state index is 0. The van der Waals surface area contributed by atoms with Crippen LogP contribution in [0.1, 0.15) is 44.3 Å². The molecule has 0 unspecified atom stereocenters. The number of halogens is 1. The highest BCUT2D eigenvalue weighted by atomic mass is 127. The Labute approximate surface area is 210 Å². The average molecular weight is 563 g/mol. The highest BCUT2D eigenvalue weighted by Crippen LogP contribution is 2.15. The van der Waals surface area contributed by atoms with E-state index in [9.17, 15) is 0 Å². The molecule has 32 heavy (non-hydrogen) atoms. The van der Waals surface area contributed by atoms with E-state index in [1.807, 2.05) is 18.5 Å². The van der Waals surface area contributed by atoms with Crippen molar-refractivity contribution >= 4 is 29.9 Å². The normalized spacial score (nSPS) is 19.0. The third-order valence-corrected chi connectivity index (χ3v) is 6.43. The number of hydrogen-bond acceptors (Lipinski definition) is 6. The number of piperidine rings is 1. The van der Waals surface area contributed by atoms with E-state index in [-0.39, 0.29) is 24.0 Å². The topological polar surface area (TPSA) is 82.8 Å². The van der Waals surface area contributed by atoms with E-state index in [4.69, 9.17) is 9.73 Å². The number of likely N-dealkylation sites (tertiary alicyclic amines) is 1. The smallest absolute Gasteiger partial charge is 0.191 e. The molecule has 0 aromatic carbocycles. The zero-order valence-corrected chi connectivity index (χ0v) is 22.5. The summed E-state index contributed by atoms with van der Waals surface area (Å²) in [4.78, 5) is 9.83. The third-order valence-electron chi connectivity index (χ3n) is 6.43. The highest BCUT2D eigenvalue weighted by Gasteiger charge is 2.15. The number of aryl methyl sites for hydroxylation is 1. The fraction of sp³-hybridized carbons (Fsp3) is 0.864. The first-order valence-electron chi connectivity index (χ1n) is 12.0. The van der Waals surface area contributed by atoms with Crippen LogP contribution in [0.15, 0.2) is 4.99 Å². The molecule has 184 valence electrons. The molecule has 2 fully saturated rings. The fourth-order valence-corrected chi connectivity index (χ4v) is 4.04. The number of nitrogens with zero attached hydrogens (tertiary/aromatic N) is 6. The van der Waals surface area contributed by atoms with Gasteiger partial charge in [-0.3, -0.25) is 4.90 Å². The van der Waals surface area contributed by atoms with Crippen LogP contribution < -0.4 is 10.6 Å². The lowest BCUT2D eigenvalue weighted by molar-refractivity contribution is 0.0376. The van der Waals surface area contributed by atoms with Crippen LogP contribution in [0.3, 0.4) is 0 Å². The van der Waals surface area contributed by atoms with E-state index in [1.165, 1.54) is 25.9 Å². The van der Waals surface area contributed by atoms with Crippen LogP contribution in [0.5, 0.6) is 0 Å². The number of aliphatic imine (C=N–C) groups is 1. The van der Waals surface area contributed by atoms with Crippen LogP contribution in [0, 0.1) is 12.8 Å². The molecule has 0 radical (unpaired) electrons. The van der Waals surface area contributed by atoms with Crippen LogP contribution in [-0.2, 0) is 18.3 Å². The second-order valence-electron chi connectivity index (χ2n) is 8.93. The van der Waals surface area contributed by atoms with Gasteiger partial charge in [-0.15, -0.1) is 34.2 Å². The minimum Gasteiger partial charge on any atom is -0.379 e. The lowest BCUT2D eigenvalue weighted by Crippen LogP contribution is -2.42. The Morgan fingerprint density at radius 1 is 1.00 bits per heavy atom. The Kier molecular flexibility index (Phi) is 12.8. The Balaban J connectivity index is 0.00000363. The molecule has 1 aromatic heterocycles. The Hall–Kier alpha value is -0.980. The number of ether oxygens (including phenoxy) is 1. The first-order valence-corrected chi connectivity index (χ1v) is 12.0. The van der Waals surface area contributed by atoms with Gasteiger partial charge >= 0.3 is 0 Å². The molecule has 2 aliphatic rings. The molecule has 0 bridgehead atoms.